The number of likely N-dealkylation sites (tertiary alicyclic amines) is 1. The van der Waals surface area contributed by atoms with Crippen LogP contribution in [0.5, 0.6) is 0 Å². The molecule has 1 aliphatic heterocycles. The van der Waals surface area contributed by atoms with Gasteiger partial charge in [-0.2, -0.15) is 0 Å². The minimum absolute atomic E-state index is 0.153. The molecule has 0 amide bonds. The summed E-state index contributed by atoms with van der Waals surface area (Å²) in [6, 6.07) is 0.300. The van der Waals surface area contributed by atoms with Crippen LogP contribution in [0.25, 0.3) is 0 Å². The van der Waals surface area contributed by atoms with Crippen LogP contribution in [-0.4, -0.2) is 62.9 Å². The van der Waals surface area contributed by atoms with E-state index in [0.717, 1.165) is 26.1 Å². The van der Waals surface area contributed by atoms with Crippen molar-refractivity contribution in [1.82, 2.24) is 10.2 Å². The SMILES string of the molecule is COC(=O)C(CN1CCC(C)C(OC)C1)NC1CC1. The van der Waals surface area contributed by atoms with E-state index < -0.39 is 0 Å². The summed E-state index contributed by atoms with van der Waals surface area (Å²) in [5, 5.41) is 3.38. The van der Waals surface area contributed by atoms with Gasteiger partial charge in [-0.1, -0.05) is 6.92 Å². The third-order valence-corrected chi connectivity index (χ3v) is 4.22. The van der Waals surface area contributed by atoms with Gasteiger partial charge in [0.25, 0.3) is 0 Å². The van der Waals surface area contributed by atoms with E-state index in [2.05, 4.69) is 17.1 Å². The predicted octanol–water partition coefficient (Wildman–Crippen LogP) is 0.637. The highest BCUT2D eigenvalue weighted by Crippen LogP contribution is 2.22. The minimum atomic E-state index is -0.205. The van der Waals surface area contributed by atoms with Crippen LogP contribution in [0.2, 0.25) is 0 Å². The van der Waals surface area contributed by atoms with E-state index >= 15 is 0 Å². The van der Waals surface area contributed by atoms with Crippen molar-refractivity contribution in [3.05, 3.63) is 0 Å². The van der Waals surface area contributed by atoms with Crippen LogP contribution in [-0.2, 0) is 14.3 Å². The second kappa shape index (κ2) is 6.68. The molecule has 5 nitrogen and oxygen atoms in total. The van der Waals surface area contributed by atoms with E-state index in [4.69, 9.17) is 9.47 Å². The first kappa shape index (κ1) is 14.8. The molecule has 2 aliphatic rings. The van der Waals surface area contributed by atoms with Gasteiger partial charge in [0.2, 0.25) is 0 Å². The first-order valence-electron chi connectivity index (χ1n) is 7.23. The molecule has 1 aliphatic carbocycles. The summed E-state index contributed by atoms with van der Waals surface area (Å²) in [4.78, 5) is 14.1. The van der Waals surface area contributed by atoms with Crippen LogP contribution in [0.4, 0.5) is 0 Å². The summed E-state index contributed by atoms with van der Waals surface area (Å²) < 4.78 is 10.4. The molecule has 2 fully saturated rings. The molecule has 3 unspecified atom stereocenters. The molecule has 0 bridgehead atoms. The van der Waals surface area contributed by atoms with E-state index in [-0.39, 0.29) is 18.1 Å². The van der Waals surface area contributed by atoms with Gasteiger partial charge in [0, 0.05) is 26.2 Å². The number of methoxy groups -OCH3 is 2. The van der Waals surface area contributed by atoms with Gasteiger partial charge in [-0.05, 0) is 31.7 Å². The number of nitrogens with one attached hydrogen (secondary N) is 1. The smallest absolute Gasteiger partial charge is 0.324 e. The van der Waals surface area contributed by atoms with Crippen molar-refractivity contribution in [2.75, 3.05) is 33.9 Å². The van der Waals surface area contributed by atoms with Gasteiger partial charge in [0.15, 0.2) is 0 Å². The van der Waals surface area contributed by atoms with Crippen LogP contribution < -0.4 is 5.32 Å². The van der Waals surface area contributed by atoms with Crippen molar-refractivity contribution in [1.29, 1.82) is 0 Å². The Balaban J connectivity index is 1.87. The molecule has 0 aromatic carbocycles. The highest BCUT2D eigenvalue weighted by Gasteiger charge is 2.33. The quantitative estimate of drug-likeness (QED) is 0.718. The average molecular weight is 270 g/mol. The number of carbonyl (C=O) groups excluding carboxylic acids is 1. The van der Waals surface area contributed by atoms with E-state index in [0.29, 0.717) is 12.0 Å². The lowest BCUT2D eigenvalue weighted by molar-refractivity contribution is -0.144. The molecule has 5 heteroatoms. The van der Waals surface area contributed by atoms with E-state index in [1.165, 1.54) is 20.0 Å². The first-order chi connectivity index (χ1) is 9.13. The number of nitrogens with zero attached hydrogens (tertiary/aromatic N) is 1. The van der Waals surface area contributed by atoms with Crippen LogP contribution in [0.1, 0.15) is 26.2 Å². The number of rotatable bonds is 6. The molecular weight excluding hydrogens is 244 g/mol. The van der Waals surface area contributed by atoms with Crippen molar-refractivity contribution >= 4 is 5.97 Å². The zero-order valence-corrected chi connectivity index (χ0v) is 12.2. The lowest BCUT2D eigenvalue weighted by Crippen LogP contribution is -2.52. The highest BCUT2D eigenvalue weighted by atomic mass is 16.5. The molecule has 19 heavy (non-hydrogen) atoms. The zero-order chi connectivity index (χ0) is 13.8. The van der Waals surface area contributed by atoms with E-state index in [9.17, 15) is 4.79 Å². The number of ether oxygens (including phenoxy) is 2. The van der Waals surface area contributed by atoms with Gasteiger partial charge in [0.05, 0.1) is 13.2 Å². The molecule has 1 saturated heterocycles. The molecule has 110 valence electrons. The largest absolute Gasteiger partial charge is 0.468 e. The Hall–Kier alpha value is -0.650. The summed E-state index contributed by atoms with van der Waals surface area (Å²) in [5.41, 5.74) is 0. The van der Waals surface area contributed by atoms with E-state index in [1.54, 1.807) is 7.11 Å². The molecule has 0 radical (unpaired) electrons. The Morgan fingerprint density at radius 3 is 2.68 bits per heavy atom. The third kappa shape index (κ3) is 4.16. The second-order valence-corrected chi connectivity index (χ2v) is 5.82. The molecule has 0 aromatic heterocycles. The number of carbonyl (C=O) groups is 1. The van der Waals surface area contributed by atoms with Crippen LogP contribution in [0.15, 0.2) is 0 Å². The molecule has 2 rings (SSSR count). The molecule has 1 saturated carbocycles. The fraction of sp³-hybridized carbons (Fsp3) is 0.929. The van der Waals surface area contributed by atoms with Gasteiger partial charge in [-0.3, -0.25) is 9.69 Å². The molecule has 3 atom stereocenters. The Labute approximate surface area is 115 Å². The topological polar surface area (TPSA) is 50.8 Å². The Bertz CT molecular complexity index is 307. The monoisotopic (exact) mass is 270 g/mol. The Morgan fingerprint density at radius 2 is 2.11 bits per heavy atom. The number of hydrogen-bond donors (Lipinski definition) is 1. The number of hydrogen-bond acceptors (Lipinski definition) is 5. The fourth-order valence-corrected chi connectivity index (χ4v) is 2.70. The molecular formula is C14H26N2O3. The number of esters is 1. The van der Waals surface area contributed by atoms with Crippen LogP contribution in [0, 0.1) is 5.92 Å². The normalized spacial score (nSPS) is 30.1. The summed E-state index contributed by atoms with van der Waals surface area (Å²) in [6.45, 7) is 4.87. The van der Waals surface area contributed by atoms with Crippen molar-refractivity contribution in [3.8, 4) is 0 Å². The lowest BCUT2D eigenvalue weighted by atomic mass is 9.95. The Morgan fingerprint density at radius 1 is 1.37 bits per heavy atom. The van der Waals surface area contributed by atoms with Gasteiger partial charge in [-0.15, -0.1) is 0 Å². The highest BCUT2D eigenvalue weighted by molar-refractivity contribution is 5.76. The van der Waals surface area contributed by atoms with Crippen LogP contribution in [0.3, 0.4) is 0 Å². The lowest BCUT2D eigenvalue weighted by Gasteiger charge is -2.37. The first-order valence-corrected chi connectivity index (χ1v) is 7.23. The third-order valence-electron chi connectivity index (χ3n) is 4.22. The van der Waals surface area contributed by atoms with Crippen molar-refractivity contribution in [2.45, 2.75) is 44.4 Å². The van der Waals surface area contributed by atoms with Crippen LogP contribution >= 0.6 is 0 Å². The maximum absolute atomic E-state index is 11.8. The molecule has 0 aromatic rings. The summed E-state index contributed by atoms with van der Waals surface area (Å²) in [5.74, 6) is 0.439. The van der Waals surface area contributed by atoms with E-state index in [1.807, 2.05) is 0 Å². The summed E-state index contributed by atoms with van der Waals surface area (Å²) in [7, 11) is 3.23. The maximum Gasteiger partial charge on any atom is 0.324 e. The standard InChI is InChI=1S/C14H26N2O3/c1-10-6-7-16(9-13(10)18-2)8-12(14(17)19-3)15-11-4-5-11/h10-13,15H,4-9H2,1-3H3. The second-order valence-electron chi connectivity index (χ2n) is 5.82. The van der Waals surface area contributed by atoms with Crippen molar-refractivity contribution < 1.29 is 14.3 Å². The van der Waals surface area contributed by atoms with Crippen molar-refractivity contribution in [2.24, 2.45) is 5.92 Å². The summed E-state index contributed by atoms with van der Waals surface area (Å²) in [6.07, 6.45) is 3.74. The van der Waals surface area contributed by atoms with Gasteiger partial charge < -0.3 is 14.8 Å². The van der Waals surface area contributed by atoms with Gasteiger partial charge in [0.1, 0.15) is 6.04 Å². The molecule has 1 N–H and O–H groups in total. The average Bonchev–Trinajstić information content (AvgIpc) is 3.23. The van der Waals surface area contributed by atoms with Crippen molar-refractivity contribution in [3.63, 3.8) is 0 Å². The van der Waals surface area contributed by atoms with Gasteiger partial charge >= 0.3 is 5.97 Å². The maximum atomic E-state index is 11.8. The minimum Gasteiger partial charge on any atom is -0.468 e. The predicted molar refractivity (Wildman–Crippen MR) is 73.0 cm³/mol. The number of piperidine rings is 1. The Kier molecular flexibility index (Phi) is 5.19. The zero-order valence-electron chi connectivity index (χ0n) is 12.2. The molecule has 0 spiro atoms. The molecule has 1 heterocycles. The fourth-order valence-electron chi connectivity index (χ4n) is 2.70. The van der Waals surface area contributed by atoms with Gasteiger partial charge in [-0.25, -0.2) is 0 Å². The summed E-state index contributed by atoms with van der Waals surface area (Å²) >= 11 is 0.